The number of aromatic nitrogens is 1. The maximum absolute atomic E-state index is 6.08. The monoisotopic (exact) mass is 286 g/mol. The third-order valence-corrected chi connectivity index (χ3v) is 4.03. The standard InChI is InChI=1S/C15H11ClN2S/c16-15-18-13(10-4-2-1-3-5-10)14(19-15)11-6-8-12(17)9-7-11/h1-9H,17H2. The Hall–Kier alpha value is -1.84. The van der Waals surface area contributed by atoms with Crippen molar-refractivity contribution < 1.29 is 0 Å². The van der Waals surface area contributed by atoms with Gasteiger partial charge >= 0.3 is 0 Å². The third-order valence-electron chi connectivity index (χ3n) is 2.82. The van der Waals surface area contributed by atoms with Crippen molar-refractivity contribution in [3.05, 3.63) is 59.1 Å². The van der Waals surface area contributed by atoms with Crippen molar-refractivity contribution >= 4 is 28.6 Å². The molecule has 0 amide bonds. The van der Waals surface area contributed by atoms with Crippen LogP contribution in [0.1, 0.15) is 0 Å². The highest BCUT2D eigenvalue weighted by Gasteiger charge is 2.13. The summed E-state index contributed by atoms with van der Waals surface area (Å²) in [5.41, 5.74) is 9.54. The Morgan fingerprint density at radius 3 is 2.26 bits per heavy atom. The molecule has 3 rings (SSSR count). The summed E-state index contributed by atoms with van der Waals surface area (Å²) in [6.45, 7) is 0. The molecule has 0 aliphatic rings. The number of rotatable bonds is 2. The largest absolute Gasteiger partial charge is 0.399 e. The number of nitrogen functional groups attached to an aromatic ring is 1. The first-order valence-electron chi connectivity index (χ1n) is 5.82. The minimum atomic E-state index is 0.547. The van der Waals surface area contributed by atoms with Crippen LogP contribution >= 0.6 is 22.9 Å². The van der Waals surface area contributed by atoms with Gasteiger partial charge in [0.05, 0.1) is 10.6 Å². The van der Waals surface area contributed by atoms with Gasteiger partial charge in [0.15, 0.2) is 4.47 Å². The van der Waals surface area contributed by atoms with Crippen LogP contribution in [0.5, 0.6) is 0 Å². The molecular formula is C15H11ClN2S. The van der Waals surface area contributed by atoms with Crippen molar-refractivity contribution in [2.75, 3.05) is 5.73 Å². The zero-order chi connectivity index (χ0) is 13.2. The lowest BCUT2D eigenvalue weighted by atomic mass is 10.1. The first kappa shape index (κ1) is 12.2. The second-order valence-electron chi connectivity index (χ2n) is 4.13. The fourth-order valence-corrected chi connectivity index (χ4v) is 3.05. The van der Waals surface area contributed by atoms with Crippen molar-refractivity contribution in [2.24, 2.45) is 0 Å². The van der Waals surface area contributed by atoms with Crippen LogP contribution in [-0.2, 0) is 0 Å². The smallest absolute Gasteiger partial charge is 0.184 e. The first-order chi connectivity index (χ1) is 9.24. The average Bonchev–Trinajstić information content (AvgIpc) is 2.83. The molecule has 0 spiro atoms. The van der Waals surface area contributed by atoms with E-state index in [2.05, 4.69) is 4.98 Å². The van der Waals surface area contributed by atoms with Crippen LogP contribution < -0.4 is 5.73 Å². The van der Waals surface area contributed by atoms with Crippen molar-refractivity contribution in [3.63, 3.8) is 0 Å². The predicted molar refractivity (Wildman–Crippen MR) is 82.4 cm³/mol. The van der Waals surface area contributed by atoms with Crippen LogP contribution in [0.25, 0.3) is 21.7 Å². The van der Waals surface area contributed by atoms with Gasteiger partial charge in [0, 0.05) is 11.3 Å². The number of anilines is 1. The molecule has 0 fully saturated rings. The zero-order valence-electron chi connectivity index (χ0n) is 10.0. The summed E-state index contributed by atoms with van der Waals surface area (Å²) in [7, 11) is 0. The lowest BCUT2D eigenvalue weighted by Crippen LogP contribution is -1.84. The van der Waals surface area contributed by atoms with Gasteiger partial charge in [0.25, 0.3) is 0 Å². The van der Waals surface area contributed by atoms with Crippen molar-refractivity contribution in [3.8, 4) is 21.7 Å². The normalized spacial score (nSPS) is 10.6. The summed E-state index contributed by atoms with van der Waals surface area (Å²) in [6.07, 6.45) is 0. The maximum Gasteiger partial charge on any atom is 0.184 e. The van der Waals surface area contributed by atoms with Crippen molar-refractivity contribution in [1.82, 2.24) is 4.98 Å². The summed E-state index contributed by atoms with van der Waals surface area (Å²) in [5.74, 6) is 0. The molecule has 1 aromatic heterocycles. The van der Waals surface area contributed by atoms with E-state index in [1.54, 1.807) is 0 Å². The lowest BCUT2D eigenvalue weighted by Gasteiger charge is -2.03. The zero-order valence-corrected chi connectivity index (χ0v) is 11.6. The maximum atomic E-state index is 6.08. The van der Waals surface area contributed by atoms with E-state index in [1.165, 1.54) is 11.3 Å². The molecule has 0 atom stereocenters. The Bertz CT molecular complexity index is 690. The van der Waals surface area contributed by atoms with E-state index in [9.17, 15) is 0 Å². The van der Waals surface area contributed by atoms with E-state index >= 15 is 0 Å². The van der Waals surface area contributed by atoms with E-state index in [0.29, 0.717) is 4.47 Å². The fraction of sp³-hybridized carbons (Fsp3) is 0. The Labute approximate surface area is 120 Å². The molecule has 4 heteroatoms. The summed E-state index contributed by atoms with van der Waals surface area (Å²) in [4.78, 5) is 5.50. The number of thiazole rings is 1. The summed E-state index contributed by atoms with van der Waals surface area (Å²) < 4.78 is 0.547. The molecule has 0 aliphatic carbocycles. The molecule has 0 bridgehead atoms. The molecule has 2 nitrogen and oxygen atoms in total. The minimum absolute atomic E-state index is 0.547. The van der Waals surface area contributed by atoms with Gasteiger partial charge < -0.3 is 5.73 Å². The Kier molecular flexibility index (Phi) is 3.23. The molecule has 1 heterocycles. The topological polar surface area (TPSA) is 38.9 Å². The van der Waals surface area contributed by atoms with Gasteiger partial charge in [0.1, 0.15) is 0 Å². The van der Waals surface area contributed by atoms with E-state index in [4.69, 9.17) is 17.3 Å². The number of halogens is 1. The molecule has 2 N–H and O–H groups in total. The van der Waals surface area contributed by atoms with Crippen molar-refractivity contribution in [2.45, 2.75) is 0 Å². The van der Waals surface area contributed by atoms with Gasteiger partial charge in [-0.25, -0.2) is 4.98 Å². The number of nitrogens with zero attached hydrogens (tertiary/aromatic N) is 1. The third kappa shape index (κ3) is 2.48. The second kappa shape index (κ2) is 5.03. The Morgan fingerprint density at radius 2 is 1.58 bits per heavy atom. The molecule has 2 aromatic carbocycles. The molecule has 0 radical (unpaired) electrons. The summed E-state index contributed by atoms with van der Waals surface area (Å²) in [5, 5.41) is 0. The molecular weight excluding hydrogens is 276 g/mol. The van der Waals surface area contributed by atoms with Gasteiger partial charge in [-0.1, -0.05) is 54.1 Å². The highest BCUT2D eigenvalue weighted by molar-refractivity contribution is 7.19. The molecule has 19 heavy (non-hydrogen) atoms. The average molecular weight is 287 g/mol. The van der Waals surface area contributed by atoms with E-state index < -0.39 is 0 Å². The summed E-state index contributed by atoms with van der Waals surface area (Å²) in [6, 6.07) is 17.8. The van der Waals surface area contributed by atoms with Gasteiger partial charge in [-0.2, -0.15) is 0 Å². The highest BCUT2D eigenvalue weighted by Crippen LogP contribution is 2.38. The minimum Gasteiger partial charge on any atom is -0.399 e. The van der Waals surface area contributed by atoms with Gasteiger partial charge in [-0.3, -0.25) is 0 Å². The predicted octanol–water partition coefficient (Wildman–Crippen LogP) is 4.71. The highest BCUT2D eigenvalue weighted by atomic mass is 35.5. The van der Waals surface area contributed by atoms with Crippen LogP contribution in [0, 0.1) is 0 Å². The first-order valence-corrected chi connectivity index (χ1v) is 7.01. The van der Waals surface area contributed by atoms with E-state index in [1.807, 2.05) is 54.6 Å². The van der Waals surface area contributed by atoms with Crippen LogP contribution in [0.4, 0.5) is 5.69 Å². The molecule has 0 unspecified atom stereocenters. The van der Waals surface area contributed by atoms with Gasteiger partial charge in [0.2, 0.25) is 0 Å². The summed E-state index contributed by atoms with van der Waals surface area (Å²) >= 11 is 7.56. The van der Waals surface area contributed by atoms with Crippen LogP contribution in [0.15, 0.2) is 54.6 Å². The number of benzene rings is 2. The second-order valence-corrected chi connectivity index (χ2v) is 5.71. The van der Waals surface area contributed by atoms with Crippen LogP contribution in [-0.4, -0.2) is 4.98 Å². The quantitative estimate of drug-likeness (QED) is 0.693. The Morgan fingerprint density at radius 1 is 0.895 bits per heavy atom. The van der Waals surface area contributed by atoms with E-state index in [-0.39, 0.29) is 0 Å². The van der Waals surface area contributed by atoms with Gasteiger partial charge in [-0.05, 0) is 17.7 Å². The van der Waals surface area contributed by atoms with Crippen LogP contribution in [0.3, 0.4) is 0 Å². The molecule has 0 aliphatic heterocycles. The van der Waals surface area contributed by atoms with Crippen molar-refractivity contribution in [1.29, 1.82) is 0 Å². The number of hydrogen-bond donors (Lipinski definition) is 1. The SMILES string of the molecule is Nc1ccc(-c2sc(Cl)nc2-c2ccccc2)cc1. The Balaban J connectivity index is 2.15. The van der Waals surface area contributed by atoms with Crippen LogP contribution in [0.2, 0.25) is 4.47 Å². The molecule has 94 valence electrons. The van der Waals surface area contributed by atoms with Gasteiger partial charge in [-0.15, -0.1) is 11.3 Å². The fourth-order valence-electron chi connectivity index (χ4n) is 1.92. The molecule has 0 saturated heterocycles. The van der Waals surface area contributed by atoms with E-state index in [0.717, 1.165) is 27.4 Å². The lowest BCUT2D eigenvalue weighted by molar-refractivity contribution is 1.41. The molecule has 0 saturated carbocycles. The molecule has 3 aromatic rings. The number of nitrogens with two attached hydrogens (primary N) is 1. The number of hydrogen-bond acceptors (Lipinski definition) is 3.